The first-order valence-electron chi connectivity index (χ1n) is 7.38. The fourth-order valence-electron chi connectivity index (χ4n) is 2.27. The van der Waals surface area contributed by atoms with Gasteiger partial charge in [0.25, 0.3) is 0 Å². The SMILES string of the molecule is C/C(N)=C(/C#N)C(=O)CSc1ncnc2c1cnn2-c1ccccc1. The van der Waals surface area contributed by atoms with E-state index in [0.29, 0.717) is 10.7 Å². The molecule has 0 fully saturated rings. The van der Waals surface area contributed by atoms with Gasteiger partial charge in [-0.25, -0.2) is 14.6 Å². The number of fused-ring (bicyclic) bond motifs is 1. The minimum Gasteiger partial charge on any atom is -0.401 e. The molecular weight excluding hydrogens is 336 g/mol. The lowest BCUT2D eigenvalue weighted by Gasteiger charge is -2.04. The number of nitrogens with two attached hydrogens (primary N) is 1. The molecule has 8 heteroatoms. The molecule has 2 heterocycles. The van der Waals surface area contributed by atoms with Gasteiger partial charge < -0.3 is 5.73 Å². The number of thioether (sulfide) groups is 1. The van der Waals surface area contributed by atoms with Gasteiger partial charge in [0.2, 0.25) is 0 Å². The predicted molar refractivity (Wildman–Crippen MR) is 94.9 cm³/mol. The Kier molecular flexibility index (Phi) is 4.77. The number of carbonyl (C=O) groups excluding carboxylic acids is 1. The number of allylic oxidation sites excluding steroid dienone is 2. The van der Waals surface area contributed by atoms with E-state index >= 15 is 0 Å². The zero-order valence-corrected chi connectivity index (χ0v) is 14.2. The van der Waals surface area contributed by atoms with Crippen LogP contribution in [0.2, 0.25) is 0 Å². The number of Topliss-reactive ketones (excluding diaryl/α,β-unsaturated/α-hetero) is 1. The van der Waals surface area contributed by atoms with E-state index in [0.717, 1.165) is 11.1 Å². The monoisotopic (exact) mass is 350 g/mol. The van der Waals surface area contributed by atoms with Crippen LogP contribution in [0.15, 0.2) is 59.2 Å². The molecule has 25 heavy (non-hydrogen) atoms. The van der Waals surface area contributed by atoms with Crippen LogP contribution in [-0.4, -0.2) is 31.3 Å². The molecule has 124 valence electrons. The largest absolute Gasteiger partial charge is 0.401 e. The number of rotatable bonds is 5. The summed E-state index contributed by atoms with van der Waals surface area (Å²) in [7, 11) is 0. The number of nitriles is 1. The number of ketones is 1. The van der Waals surface area contributed by atoms with Crippen molar-refractivity contribution < 1.29 is 4.79 Å². The number of hydrogen-bond donors (Lipinski definition) is 1. The van der Waals surface area contributed by atoms with Crippen LogP contribution in [0.3, 0.4) is 0 Å². The van der Waals surface area contributed by atoms with Gasteiger partial charge in [0, 0.05) is 5.70 Å². The van der Waals surface area contributed by atoms with Gasteiger partial charge >= 0.3 is 0 Å². The molecule has 0 spiro atoms. The fourth-order valence-corrected chi connectivity index (χ4v) is 3.11. The summed E-state index contributed by atoms with van der Waals surface area (Å²) in [4.78, 5) is 20.6. The molecule has 0 aliphatic rings. The van der Waals surface area contributed by atoms with Gasteiger partial charge in [0.1, 0.15) is 23.0 Å². The van der Waals surface area contributed by atoms with E-state index < -0.39 is 0 Å². The average Bonchev–Trinajstić information content (AvgIpc) is 3.05. The lowest BCUT2D eigenvalue weighted by molar-refractivity contribution is -0.112. The maximum Gasteiger partial charge on any atom is 0.185 e. The molecule has 0 atom stereocenters. The molecule has 2 N–H and O–H groups in total. The van der Waals surface area contributed by atoms with Gasteiger partial charge in [0.05, 0.1) is 23.0 Å². The Balaban J connectivity index is 1.89. The Morgan fingerprint density at radius 1 is 1.32 bits per heavy atom. The van der Waals surface area contributed by atoms with Crippen molar-refractivity contribution in [1.82, 2.24) is 19.7 Å². The van der Waals surface area contributed by atoms with Crippen LogP contribution < -0.4 is 5.73 Å². The van der Waals surface area contributed by atoms with E-state index in [1.54, 1.807) is 10.9 Å². The third kappa shape index (κ3) is 3.36. The molecule has 7 nitrogen and oxygen atoms in total. The first kappa shape index (κ1) is 16.7. The topological polar surface area (TPSA) is 110 Å². The number of nitrogens with zero attached hydrogens (tertiary/aromatic N) is 5. The van der Waals surface area contributed by atoms with Crippen LogP contribution in [0.25, 0.3) is 16.7 Å². The zero-order valence-electron chi connectivity index (χ0n) is 13.4. The highest BCUT2D eigenvalue weighted by atomic mass is 32.2. The Bertz CT molecular complexity index is 999. The second-order valence-corrected chi connectivity index (χ2v) is 6.15. The van der Waals surface area contributed by atoms with Gasteiger partial charge in [0.15, 0.2) is 11.4 Å². The van der Waals surface area contributed by atoms with Crippen LogP contribution in [0.5, 0.6) is 0 Å². The highest BCUT2D eigenvalue weighted by Gasteiger charge is 2.15. The van der Waals surface area contributed by atoms with Crippen LogP contribution in [0.4, 0.5) is 0 Å². The normalized spacial score (nSPS) is 11.8. The summed E-state index contributed by atoms with van der Waals surface area (Å²) < 4.78 is 1.72. The minimum atomic E-state index is -0.324. The lowest BCUT2D eigenvalue weighted by atomic mass is 10.2. The molecule has 3 aromatic rings. The van der Waals surface area contributed by atoms with Crippen molar-refractivity contribution in [2.24, 2.45) is 5.73 Å². The highest BCUT2D eigenvalue weighted by molar-refractivity contribution is 8.00. The van der Waals surface area contributed by atoms with Crippen molar-refractivity contribution in [1.29, 1.82) is 5.26 Å². The summed E-state index contributed by atoms with van der Waals surface area (Å²) in [6.45, 7) is 1.54. The van der Waals surface area contributed by atoms with Crippen molar-refractivity contribution in [3.63, 3.8) is 0 Å². The van der Waals surface area contributed by atoms with E-state index in [-0.39, 0.29) is 22.8 Å². The Labute approximate surface area is 148 Å². The fraction of sp³-hybridized carbons (Fsp3) is 0.118. The minimum absolute atomic E-state index is 0.0159. The van der Waals surface area contributed by atoms with E-state index in [2.05, 4.69) is 15.1 Å². The smallest absolute Gasteiger partial charge is 0.185 e. The summed E-state index contributed by atoms with van der Waals surface area (Å²) in [6.07, 6.45) is 3.11. The third-order valence-corrected chi connectivity index (χ3v) is 4.46. The van der Waals surface area contributed by atoms with Crippen LogP contribution in [0, 0.1) is 11.3 Å². The number of carbonyl (C=O) groups is 1. The zero-order chi connectivity index (χ0) is 17.8. The second-order valence-electron chi connectivity index (χ2n) is 5.19. The summed E-state index contributed by atoms with van der Waals surface area (Å²) >= 11 is 1.23. The van der Waals surface area contributed by atoms with E-state index in [9.17, 15) is 4.79 Å². The first-order valence-corrected chi connectivity index (χ1v) is 8.37. The van der Waals surface area contributed by atoms with Crippen LogP contribution in [0.1, 0.15) is 6.92 Å². The molecule has 0 saturated carbocycles. The van der Waals surface area contributed by atoms with E-state index in [1.165, 1.54) is 25.0 Å². The maximum absolute atomic E-state index is 12.1. The molecule has 0 amide bonds. The lowest BCUT2D eigenvalue weighted by Crippen LogP contribution is -2.10. The summed E-state index contributed by atoms with van der Waals surface area (Å²) in [5.74, 6) is -0.255. The van der Waals surface area contributed by atoms with E-state index in [4.69, 9.17) is 11.0 Å². The van der Waals surface area contributed by atoms with Gasteiger partial charge in [-0.05, 0) is 19.1 Å². The van der Waals surface area contributed by atoms with Gasteiger partial charge in [-0.1, -0.05) is 30.0 Å². The highest BCUT2D eigenvalue weighted by Crippen LogP contribution is 2.26. The van der Waals surface area contributed by atoms with Gasteiger partial charge in [-0.3, -0.25) is 4.79 Å². The summed E-state index contributed by atoms with van der Waals surface area (Å²) in [5.41, 5.74) is 7.31. The standard InChI is InChI=1S/C17H14N6OS/c1-11(19)13(7-18)15(24)9-25-17-14-8-22-23(16(14)20-10-21-17)12-5-3-2-4-6-12/h2-6,8,10H,9,19H2,1H3/b13-11+. The van der Waals surface area contributed by atoms with Gasteiger partial charge in [-0.15, -0.1) is 0 Å². The van der Waals surface area contributed by atoms with Crippen LogP contribution in [-0.2, 0) is 4.79 Å². The number of aromatic nitrogens is 4. The molecule has 2 aromatic heterocycles. The Morgan fingerprint density at radius 3 is 2.76 bits per heavy atom. The van der Waals surface area contributed by atoms with Crippen molar-refractivity contribution in [2.75, 3.05) is 5.75 Å². The van der Waals surface area contributed by atoms with Crippen molar-refractivity contribution >= 4 is 28.6 Å². The molecule has 0 aliphatic carbocycles. The molecular formula is C17H14N6OS. The summed E-state index contributed by atoms with van der Waals surface area (Å²) in [5, 5.41) is 14.8. The maximum atomic E-state index is 12.1. The summed E-state index contributed by atoms with van der Waals surface area (Å²) in [6, 6.07) is 11.5. The van der Waals surface area contributed by atoms with E-state index in [1.807, 2.05) is 36.4 Å². The van der Waals surface area contributed by atoms with Crippen molar-refractivity contribution in [3.05, 3.63) is 54.1 Å². The quantitative estimate of drug-likeness (QED) is 0.325. The molecule has 1 aromatic carbocycles. The van der Waals surface area contributed by atoms with Crippen molar-refractivity contribution in [3.8, 4) is 11.8 Å². The number of benzene rings is 1. The molecule has 0 aliphatic heterocycles. The van der Waals surface area contributed by atoms with Crippen LogP contribution >= 0.6 is 11.8 Å². The second kappa shape index (κ2) is 7.15. The molecule has 0 bridgehead atoms. The average molecular weight is 350 g/mol. The predicted octanol–water partition coefficient (Wildman–Crippen LogP) is 2.23. The molecule has 0 saturated heterocycles. The molecule has 0 radical (unpaired) electrons. The Hall–Kier alpha value is -3.18. The molecule has 0 unspecified atom stereocenters. The third-order valence-electron chi connectivity index (χ3n) is 3.45. The first-order chi connectivity index (χ1) is 12.1. The Morgan fingerprint density at radius 2 is 2.08 bits per heavy atom. The van der Waals surface area contributed by atoms with Crippen molar-refractivity contribution in [2.45, 2.75) is 11.9 Å². The van der Waals surface area contributed by atoms with Gasteiger partial charge in [-0.2, -0.15) is 10.4 Å². The molecule has 3 rings (SSSR count). The number of hydrogen-bond acceptors (Lipinski definition) is 7. The number of para-hydroxylation sites is 1.